The predicted molar refractivity (Wildman–Crippen MR) is 100 cm³/mol. The van der Waals surface area contributed by atoms with E-state index in [-0.39, 0.29) is 23.4 Å². The van der Waals surface area contributed by atoms with Gasteiger partial charge in [0.1, 0.15) is 5.82 Å². The molecule has 0 bridgehead atoms. The Morgan fingerprint density at radius 1 is 1.15 bits per heavy atom. The van der Waals surface area contributed by atoms with Crippen LogP contribution in [0.1, 0.15) is 18.9 Å². The lowest BCUT2D eigenvalue weighted by molar-refractivity contribution is -0.119. The molecule has 5 nitrogen and oxygen atoms in total. The first kappa shape index (κ1) is 18.4. The Morgan fingerprint density at radius 3 is 2.38 bits per heavy atom. The van der Waals surface area contributed by atoms with Crippen LogP contribution in [0.25, 0.3) is 0 Å². The topological polar surface area (TPSA) is 66.5 Å². The van der Waals surface area contributed by atoms with Crippen molar-refractivity contribution in [2.75, 3.05) is 21.9 Å². The second-order valence-electron chi connectivity index (χ2n) is 6.51. The van der Waals surface area contributed by atoms with Gasteiger partial charge in [-0.3, -0.25) is 9.10 Å². The smallest absolute Gasteiger partial charge is 0.235 e. The second-order valence-corrected chi connectivity index (χ2v) is 8.52. The minimum atomic E-state index is -3.21. The third-order valence-corrected chi connectivity index (χ3v) is 6.29. The van der Waals surface area contributed by atoms with Gasteiger partial charge in [0.15, 0.2) is 0 Å². The van der Waals surface area contributed by atoms with E-state index in [2.05, 4.69) is 5.32 Å². The lowest BCUT2D eigenvalue weighted by atomic mass is 10.0. The number of anilines is 2. The Balaban J connectivity index is 1.61. The highest BCUT2D eigenvalue weighted by atomic mass is 32.2. The largest absolute Gasteiger partial charge is 0.326 e. The highest BCUT2D eigenvalue weighted by Gasteiger charge is 2.28. The second kappa shape index (κ2) is 7.45. The molecule has 1 aliphatic rings. The van der Waals surface area contributed by atoms with Crippen molar-refractivity contribution in [2.45, 2.75) is 19.8 Å². The zero-order valence-electron chi connectivity index (χ0n) is 14.5. The first-order chi connectivity index (χ1) is 12.3. The van der Waals surface area contributed by atoms with Gasteiger partial charge in [0, 0.05) is 18.2 Å². The highest BCUT2D eigenvalue weighted by molar-refractivity contribution is 7.93. The summed E-state index contributed by atoms with van der Waals surface area (Å²) in [7, 11) is -3.21. The van der Waals surface area contributed by atoms with Crippen LogP contribution in [-0.2, 0) is 21.2 Å². The minimum absolute atomic E-state index is 0.143. The maximum absolute atomic E-state index is 12.9. The third kappa shape index (κ3) is 4.22. The van der Waals surface area contributed by atoms with Gasteiger partial charge in [-0.2, -0.15) is 0 Å². The first-order valence-electron chi connectivity index (χ1n) is 8.51. The quantitative estimate of drug-likeness (QED) is 0.872. The fourth-order valence-electron chi connectivity index (χ4n) is 2.97. The zero-order valence-corrected chi connectivity index (χ0v) is 15.3. The van der Waals surface area contributed by atoms with E-state index >= 15 is 0 Å². The van der Waals surface area contributed by atoms with E-state index in [4.69, 9.17) is 0 Å². The normalized spacial score (nSPS) is 17.1. The first-order valence-corrected chi connectivity index (χ1v) is 10.1. The Kier molecular flexibility index (Phi) is 5.27. The van der Waals surface area contributed by atoms with Crippen LogP contribution in [0, 0.1) is 11.7 Å². The molecule has 1 fully saturated rings. The molecule has 2 aromatic carbocycles. The third-order valence-electron chi connectivity index (χ3n) is 4.42. The lowest BCUT2D eigenvalue weighted by Crippen LogP contribution is -2.25. The van der Waals surface area contributed by atoms with Crippen molar-refractivity contribution in [1.29, 1.82) is 0 Å². The number of hydrogen-bond acceptors (Lipinski definition) is 3. The molecule has 0 radical (unpaired) electrons. The van der Waals surface area contributed by atoms with Gasteiger partial charge in [-0.05, 0) is 54.8 Å². The molecule has 1 unspecified atom stereocenters. The number of halogens is 1. The fraction of sp³-hybridized carbons (Fsp3) is 0.316. The molecule has 0 aromatic heterocycles. The van der Waals surface area contributed by atoms with Crippen molar-refractivity contribution < 1.29 is 17.6 Å². The summed E-state index contributed by atoms with van der Waals surface area (Å²) < 4.78 is 38.2. The van der Waals surface area contributed by atoms with Crippen molar-refractivity contribution in [2.24, 2.45) is 5.92 Å². The molecule has 7 heteroatoms. The molecule has 1 atom stereocenters. The number of hydrogen-bond donors (Lipinski definition) is 1. The van der Waals surface area contributed by atoms with Crippen molar-refractivity contribution in [1.82, 2.24) is 0 Å². The van der Waals surface area contributed by atoms with Crippen LogP contribution in [-0.4, -0.2) is 26.6 Å². The molecule has 26 heavy (non-hydrogen) atoms. The van der Waals surface area contributed by atoms with E-state index in [0.717, 1.165) is 5.56 Å². The van der Waals surface area contributed by atoms with Crippen LogP contribution in [0.3, 0.4) is 0 Å². The average molecular weight is 376 g/mol. The Labute approximate surface area is 152 Å². The molecule has 3 rings (SSSR count). The zero-order chi connectivity index (χ0) is 18.7. The summed E-state index contributed by atoms with van der Waals surface area (Å²) in [5, 5.41) is 2.83. The molecule has 1 N–H and O–H groups in total. The summed E-state index contributed by atoms with van der Waals surface area (Å²) in [5.41, 5.74) is 2.12. The number of carbonyl (C=O) groups is 1. The maximum atomic E-state index is 12.9. The van der Waals surface area contributed by atoms with E-state index in [9.17, 15) is 17.6 Å². The van der Waals surface area contributed by atoms with Gasteiger partial charge < -0.3 is 5.32 Å². The van der Waals surface area contributed by atoms with E-state index in [1.54, 1.807) is 36.4 Å². The molecule has 2 aromatic rings. The Bertz CT molecular complexity index is 880. The molecular weight excluding hydrogens is 355 g/mol. The van der Waals surface area contributed by atoms with Gasteiger partial charge in [0.25, 0.3) is 0 Å². The number of sulfonamides is 1. The standard InChI is InChI=1S/C19H21FN2O3S/c1-14(13-15-3-5-16(20)6-4-15)19(23)21-17-7-9-18(10-8-17)22-11-2-12-26(22,24)25/h3-10,14H,2,11-13H2,1H3,(H,21,23). The number of nitrogens with one attached hydrogen (secondary N) is 1. The molecule has 0 spiro atoms. The van der Waals surface area contributed by atoms with Gasteiger partial charge in [0.05, 0.1) is 11.4 Å². The number of carbonyl (C=O) groups excluding carboxylic acids is 1. The molecule has 138 valence electrons. The minimum Gasteiger partial charge on any atom is -0.326 e. The summed E-state index contributed by atoms with van der Waals surface area (Å²) in [6, 6.07) is 12.9. The van der Waals surface area contributed by atoms with Crippen molar-refractivity contribution in [3.05, 3.63) is 59.9 Å². The van der Waals surface area contributed by atoms with Gasteiger partial charge in [0.2, 0.25) is 15.9 Å². The fourth-order valence-corrected chi connectivity index (χ4v) is 4.54. The van der Waals surface area contributed by atoms with E-state index in [1.165, 1.54) is 16.4 Å². The molecule has 1 heterocycles. The highest BCUT2D eigenvalue weighted by Crippen LogP contribution is 2.25. The van der Waals surface area contributed by atoms with Gasteiger partial charge in [-0.1, -0.05) is 19.1 Å². The summed E-state index contributed by atoms with van der Waals surface area (Å²) in [5.74, 6) is -0.548. The number of benzene rings is 2. The van der Waals surface area contributed by atoms with Crippen LogP contribution >= 0.6 is 0 Å². The van der Waals surface area contributed by atoms with Crippen LogP contribution in [0.15, 0.2) is 48.5 Å². The molecular formula is C19H21FN2O3S. The van der Waals surface area contributed by atoms with Crippen molar-refractivity contribution in [3.8, 4) is 0 Å². The number of rotatable bonds is 5. The average Bonchev–Trinajstić information content (AvgIpc) is 2.97. The number of amides is 1. The predicted octanol–water partition coefficient (Wildman–Crippen LogP) is 3.18. The van der Waals surface area contributed by atoms with Crippen LogP contribution in [0.4, 0.5) is 15.8 Å². The summed E-state index contributed by atoms with van der Waals surface area (Å²) in [6.45, 7) is 2.30. The van der Waals surface area contributed by atoms with Crippen molar-refractivity contribution >= 4 is 27.3 Å². The molecule has 1 saturated heterocycles. The van der Waals surface area contributed by atoms with Crippen LogP contribution in [0.5, 0.6) is 0 Å². The summed E-state index contributed by atoms with van der Waals surface area (Å²) >= 11 is 0. The SMILES string of the molecule is CC(Cc1ccc(F)cc1)C(=O)Nc1ccc(N2CCCS2(=O)=O)cc1. The van der Waals surface area contributed by atoms with Crippen LogP contribution < -0.4 is 9.62 Å². The lowest BCUT2D eigenvalue weighted by Gasteiger charge is -2.17. The monoisotopic (exact) mass is 376 g/mol. The maximum Gasteiger partial charge on any atom is 0.235 e. The van der Waals surface area contributed by atoms with E-state index in [1.807, 2.05) is 6.92 Å². The Hall–Kier alpha value is -2.41. The molecule has 0 saturated carbocycles. The summed E-state index contributed by atoms with van der Waals surface area (Å²) in [6.07, 6.45) is 1.14. The molecule has 0 aliphatic carbocycles. The molecule has 1 amide bonds. The Morgan fingerprint density at radius 2 is 1.81 bits per heavy atom. The summed E-state index contributed by atoms with van der Waals surface area (Å²) in [4.78, 5) is 12.3. The molecule has 1 aliphatic heterocycles. The van der Waals surface area contributed by atoms with E-state index < -0.39 is 10.0 Å². The van der Waals surface area contributed by atoms with Crippen LogP contribution in [0.2, 0.25) is 0 Å². The number of nitrogens with zero attached hydrogens (tertiary/aromatic N) is 1. The van der Waals surface area contributed by atoms with E-state index in [0.29, 0.717) is 30.8 Å². The van der Waals surface area contributed by atoms with Gasteiger partial charge in [-0.25, -0.2) is 12.8 Å². The van der Waals surface area contributed by atoms with Gasteiger partial charge in [-0.15, -0.1) is 0 Å². The van der Waals surface area contributed by atoms with Gasteiger partial charge >= 0.3 is 0 Å². The van der Waals surface area contributed by atoms with Crippen molar-refractivity contribution in [3.63, 3.8) is 0 Å².